The van der Waals surface area contributed by atoms with Crippen LogP contribution >= 0.6 is 0 Å². The summed E-state index contributed by atoms with van der Waals surface area (Å²) in [5, 5.41) is 3.28. The summed E-state index contributed by atoms with van der Waals surface area (Å²) in [5.41, 5.74) is 2.51. The van der Waals surface area contributed by atoms with Gasteiger partial charge in [0.1, 0.15) is 0 Å². The molecule has 2 heterocycles. The minimum atomic E-state index is 0.404. The van der Waals surface area contributed by atoms with E-state index in [0.29, 0.717) is 29.7 Å². The second kappa shape index (κ2) is 6.69. The van der Waals surface area contributed by atoms with E-state index < -0.39 is 0 Å². The fraction of sp³-hybridized carbons (Fsp3) is 0.769. The third kappa shape index (κ3) is 3.69. The van der Waals surface area contributed by atoms with Gasteiger partial charge in [-0.1, -0.05) is 20.8 Å². The van der Waals surface area contributed by atoms with Crippen LogP contribution in [0.1, 0.15) is 33.6 Å². The first-order valence-corrected chi connectivity index (χ1v) is 7.31. The van der Waals surface area contributed by atoms with E-state index in [2.05, 4.69) is 51.4 Å². The van der Waals surface area contributed by atoms with E-state index in [4.69, 9.17) is 5.84 Å². The van der Waals surface area contributed by atoms with Crippen LogP contribution < -0.4 is 21.5 Å². The predicted octanol–water partition coefficient (Wildman–Crippen LogP) is 1.46. The van der Waals surface area contributed by atoms with E-state index in [9.17, 15) is 0 Å². The third-order valence-corrected chi connectivity index (χ3v) is 3.86. The summed E-state index contributed by atoms with van der Waals surface area (Å²) in [7, 11) is 0. The number of nitrogens with one attached hydrogen (secondary N) is 2. The zero-order chi connectivity index (χ0) is 14.5. The van der Waals surface area contributed by atoms with E-state index in [-0.39, 0.29) is 0 Å². The van der Waals surface area contributed by atoms with Gasteiger partial charge < -0.3 is 10.2 Å². The quantitative estimate of drug-likeness (QED) is 0.536. The highest BCUT2D eigenvalue weighted by Crippen LogP contribution is 2.18. The first-order chi connectivity index (χ1) is 9.60. The monoisotopic (exact) mass is 279 g/mol. The summed E-state index contributed by atoms with van der Waals surface area (Å²) < 4.78 is 0. The first kappa shape index (κ1) is 14.8. The number of hydrogen-bond acceptors (Lipinski definition) is 7. The van der Waals surface area contributed by atoms with Crippen molar-refractivity contribution in [1.82, 2.24) is 15.0 Å². The fourth-order valence-corrected chi connectivity index (χ4v) is 2.05. The highest BCUT2D eigenvalue weighted by Gasteiger charge is 2.17. The number of nitrogens with zero attached hydrogens (tertiary/aromatic N) is 4. The summed E-state index contributed by atoms with van der Waals surface area (Å²) >= 11 is 0. The zero-order valence-electron chi connectivity index (χ0n) is 12.6. The summed E-state index contributed by atoms with van der Waals surface area (Å²) in [6, 6.07) is 0. The molecule has 2 rings (SSSR count). The largest absolute Gasteiger partial charge is 0.354 e. The normalized spacial score (nSPS) is 16.6. The lowest BCUT2D eigenvalue weighted by Gasteiger charge is -2.19. The van der Waals surface area contributed by atoms with Crippen LogP contribution in [0.25, 0.3) is 0 Å². The second-order valence-electron chi connectivity index (χ2n) is 5.72. The minimum absolute atomic E-state index is 0.404. The van der Waals surface area contributed by atoms with Crippen LogP contribution in [0, 0.1) is 11.8 Å². The van der Waals surface area contributed by atoms with Crippen molar-refractivity contribution in [2.75, 3.05) is 35.3 Å². The molecule has 0 saturated carbocycles. The Labute approximate surface area is 120 Å². The van der Waals surface area contributed by atoms with Gasteiger partial charge in [0.25, 0.3) is 0 Å². The Balaban J connectivity index is 2.09. The molecule has 1 saturated heterocycles. The van der Waals surface area contributed by atoms with E-state index in [1.807, 2.05) is 0 Å². The molecule has 1 aromatic heterocycles. The molecule has 7 heteroatoms. The van der Waals surface area contributed by atoms with Crippen molar-refractivity contribution in [3.05, 3.63) is 0 Å². The van der Waals surface area contributed by atoms with Crippen LogP contribution in [-0.2, 0) is 0 Å². The molecule has 1 fully saturated rings. The van der Waals surface area contributed by atoms with Crippen molar-refractivity contribution < 1.29 is 0 Å². The maximum Gasteiger partial charge on any atom is 0.243 e. The Kier molecular flexibility index (Phi) is 4.94. The maximum absolute atomic E-state index is 5.44. The lowest BCUT2D eigenvalue weighted by atomic mass is 9.98. The van der Waals surface area contributed by atoms with Gasteiger partial charge in [0.2, 0.25) is 17.8 Å². The molecule has 1 unspecified atom stereocenters. The molecule has 112 valence electrons. The Hall–Kier alpha value is -1.63. The van der Waals surface area contributed by atoms with Gasteiger partial charge in [-0.15, -0.1) is 0 Å². The first-order valence-electron chi connectivity index (χ1n) is 7.31. The SMILES string of the molecule is CC(C)C(C)CNc1nc(NN)nc(N2CCCC2)n1. The molecule has 0 radical (unpaired) electrons. The van der Waals surface area contributed by atoms with Gasteiger partial charge in [0, 0.05) is 19.6 Å². The molecule has 0 bridgehead atoms. The summed E-state index contributed by atoms with van der Waals surface area (Å²) in [4.78, 5) is 15.2. The highest BCUT2D eigenvalue weighted by molar-refractivity contribution is 5.43. The fourth-order valence-electron chi connectivity index (χ4n) is 2.05. The standard InChI is InChI=1S/C13H25N7/c1-9(2)10(3)8-15-11-16-12(19-14)18-13(17-11)20-6-4-5-7-20/h9-10H,4-8,14H2,1-3H3,(H2,15,16,17,18,19). The zero-order valence-corrected chi connectivity index (χ0v) is 12.6. The molecule has 1 aliphatic rings. The van der Waals surface area contributed by atoms with Gasteiger partial charge in [0.05, 0.1) is 0 Å². The van der Waals surface area contributed by atoms with Crippen molar-refractivity contribution in [2.24, 2.45) is 17.7 Å². The number of aromatic nitrogens is 3. The lowest BCUT2D eigenvalue weighted by molar-refractivity contribution is 0.439. The lowest BCUT2D eigenvalue weighted by Crippen LogP contribution is -2.24. The molecule has 1 atom stereocenters. The Morgan fingerprint density at radius 2 is 1.75 bits per heavy atom. The van der Waals surface area contributed by atoms with Gasteiger partial charge >= 0.3 is 0 Å². The molecule has 0 spiro atoms. The van der Waals surface area contributed by atoms with Gasteiger partial charge in [-0.05, 0) is 24.7 Å². The van der Waals surface area contributed by atoms with Crippen LogP contribution in [0.4, 0.5) is 17.8 Å². The molecular formula is C13H25N7. The van der Waals surface area contributed by atoms with Gasteiger partial charge in [-0.25, -0.2) is 5.84 Å². The molecule has 20 heavy (non-hydrogen) atoms. The molecule has 0 aromatic carbocycles. The molecule has 1 aromatic rings. The van der Waals surface area contributed by atoms with E-state index in [1.54, 1.807) is 0 Å². The van der Waals surface area contributed by atoms with Gasteiger partial charge in [0.15, 0.2) is 0 Å². The maximum atomic E-state index is 5.44. The molecule has 7 nitrogen and oxygen atoms in total. The number of hydrazine groups is 1. The van der Waals surface area contributed by atoms with Gasteiger partial charge in [-0.2, -0.15) is 15.0 Å². The Morgan fingerprint density at radius 1 is 1.10 bits per heavy atom. The highest BCUT2D eigenvalue weighted by atomic mass is 15.4. The van der Waals surface area contributed by atoms with E-state index in [1.165, 1.54) is 12.8 Å². The number of hydrogen-bond donors (Lipinski definition) is 3. The third-order valence-electron chi connectivity index (χ3n) is 3.86. The van der Waals surface area contributed by atoms with E-state index in [0.717, 1.165) is 19.6 Å². The molecule has 0 aliphatic carbocycles. The van der Waals surface area contributed by atoms with Crippen LogP contribution in [0.5, 0.6) is 0 Å². The summed E-state index contributed by atoms with van der Waals surface area (Å²) in [6.07, 6.45) is 2.37. The average molecular weight is 279 g/mol. The molecule has 1 aliphatic heterocycles. The van der Waals surface area contributed by atoms with Gasteiger partial charge in [-0.3, -0.25) is 5.43 Å². The van der Waals surface area contributed by atoms with Crippen molar-refractivity contribution >= 4 is 17.8 Å². The second-order valence-corrected chi connectivity index (χ2v) is 5.72. The predicted molar refractivity (Wildman–Crippen MR) is 81.6 cm³/mol. The van der Waals surface area contributed by atoms with Crippen LogP contribution in [0.15, 0.2) is 0 Å². The van der Waals surface area contributed by atoms with Crippen molar-refractivity contribution in [2.45, 2.75) is 33.6 Å². The van der Waals surface area contributed by atoms with Crippen molar-refractivity contribution in [1.29, 1.82) is 0 Å². The Bertz CT molecular complexity index is 429. The number of nitrogen functional groups attached to an aromatic ring is 1. The molecule has 0 amide bonds. The van der Waals surface area contributed by atoms with Crippen LogP contribution in [0.3, 0.4) is 0 Å². The molecular weight excluding hydrogens is 254 g/mol. The Morgan fingerprint density at radius 3 is 2.35 bits per heavy atom. The number of anilines is 3. The van der Waals surface area contributed by atoms with Crippen molar-refractivity contribution in [3.8, 4) is 0 Å². The summed E-state index contributed by atoms with van der Waals surface area (Å²) in [5.74, 6) is 8.30. The van der Waals surface area contributed by atoms with E-state index >= 15 is 0 Å². The average Bonchev–Trinajstić information content (AvgIpc) is 2.98. The van der Waals surface area contributed by atoms with Crippen LogP contribution in [0.2, 0.25) is 0 Å². The number of nitrogens with two attached hydrogens (primary N) is 1. The minimum Gasteiger partial charge on any atom is -0.354 e. The molecule has 4 N–H and O–H groups in total. The summed E-state index contributed by atoms with van der Waals surface area (Å²) in [6.45, 7) is 9.46. The number of rotatable bonds is 6. The van der Waals surface area contributed by atoms with Crippen LogP contribution in [-0.4, -0.2) is 34.6 Å². The smallest absolute Gasteiger partial charge is 0.243 e. The topological polar surface area (TPSA) is 92.0 Å². The van der Waals surface area contributed by atoms with Crippen molar-refractivity contribution in [3.63, 3.8) is 0 Å².